The smallest absolute Gasteiger partial charge is 0.494 e. The van der Waals surface area contributed by atoms with E-state index in [1.54, 1.807) is 0 Å². The lowest BCUT2D eigenvalue weighted by Crippen LogP contribution is -2.36. The largest absolute Gasteiger partial charge is 0.502 e. The molecular weight excluding hydrogens is 878 g/mol. The molecule has 0 radical (unpaired) electrons. The van der Waals surface area contributed by atoms with Gasteiger partial charge in [0.05, 0.1) is 37.4 Å². The third kappa shape index (κ3) is 10.3. The van der Waals surface area contributed by atoms with Crippen LogP contribution in [0.2, 0.25) is 0 Å². The van der Waals surface area contributed by atoms with Gasteiger partial charge in [-0.25, -0.2) is 0 Å². The molecule has 70 heavy (non-hydrogen) atoms. The van der Waals surface area contributed by atoms with Crippen LogP contribution in [0.3, 0.4) is 0 Å². The zero-order chi connectivity index (χ0) is 47.8. The zero-order valence-electron chi connectivity index (χ0n) is 42.0. The van der Waals surface area contributed by atoms with Crippen LogP contribution in [-0.2, 0) is 28.1 Å². The molecule has 4 fully saturated rings. The van der Waals surface area contributed by atoms with E-state index in [1.807, 2.05) is 48.6 Å². The fourth-order valence-corrected chi connectivity index (χ4v) is 12.2. The molecule has 8 aliphatic rings. The number of allylic oxidation sites excluding steroid dienone is 4. The Morgan fingerprint density at radius 3 is 1.29 bits per heavy atom. The first kappa shape index (κ1) is 49.5. The number of benzene rings is 3. The van der Waals surface area contributed by atoms with E-state index in [0.717, 1.165) is 124 Å². The van der Waals surface area contributed by atoms with Gasteiger partial charge in [-0.3, -0.25) is 0 Å². The summed E-state index contributed by atoms with van der Waals surface area (Å²) in [6, 6.07) is 12.2. The molecule has 3 aromatic carbocycles. The van der Waals surface area contributed by atoms with E-state index in [0.29, 0.717) is 26.4 Å². The maximum atomic E-state index is 7.01. The summed E-state index contributed by atoms with van der Waals surface area (Å²) in [5.41, 5.74) is 8.89. The molecule has 11 rings (SSSR count). The molecule has 8 heterocycles. The molecule has 0 spiro atoms. The van der Waals surface area contributed by atoms with Crippen LogP contribution in [0.5, 0.6) is 23.0 Å². The average molecular weight is 955 g/mol. The molecule has 4 saturated heterocycles. The Balaban J connectivity index is 0.907. The summed E-state index contributed by atoms with van der Waals surface area (Å²) < 4.78 is 68.1. The Hall–Kier alpha value is -4.03. The van der Waals surface area contributed by atoms with Crippen molar-refractivity contribution in [3.8, 4) is 23.0 Å². The van der Waals surface area contributed by atoms with E-state index >= 15 is 0 Å². The van der Waals surface area contributed by atoms with Crippen LogP contribution < -0.4 is 29.9 Å². The Bertz CT molecular complexity index is 2080. The van der Waals surface area contributed by atoms with Gasteiger partial charge in [0, 0.05) is 0 Å². The van der Waals surface area contributed by atoms with E-state index in [-0.39, 0.29) is 48.8 Å². The maximum Gasteiger partial charge on any atom is 0.502 e. The number of unbranched alkanes of at least 4 members (excludes halogenated alkanes) is 8. The van der Waals surface area contributed by atoms with Gasteiger partial charge >= 0.3 is 14.2 Å². The van der Waals surface area contributed by atoms with E-state index < -0.39 is 14.2 Å². The summed E-state index contributed by atoms with van der Waals surface area (Å²) in [7, 11) is -1.30. The normalized spacial score (nSPS) is 26.9. The van der Waals surface area contributed by atoms with E-state index in [1.165, 1.54) is 71.9 Å². The first-order valence-corrected chi connectivity index (χ1v) is 27.3. The van der Waals surface area contributed by atoms with Crippen molar-refractivity contribution in [2.45, 2.75) is 191 Å². The maximum absolute atomic E-state index is 7.01. The van der Waals surface area contributed by atoms with Gasteiger partial charge in [0.25, 0.3) is 0 Å². The Morgan fingerprint density at radius 2 is 0.886 bits per heavy atom. The van der Waals surface area contributed by atoms with Crippen LogP contribution in [0.4, 0.5) is 0 Å². The highest BCUT2D eigenvalue weighted by molar-refractivity contribution is 6.64. The monoisotopic (exact) mass is 955 g/mol. The zero-order valence-corrected chi connectivity index (χ0v) is 42.0. The summed E-state index contributed by atoms with van der Waals surface area (Å²) in [4.78, 5) is 0. The highest BCUT2D eigenvalue weighted by Crippen LogP contribution is 2.64. The molecule has 0 amide bonds. The van der Waals surface area contributed by atoms with Gasteiger partial charge in [-0.15, -0.1) is 13.2 Å². The summed E-state index contributed by atoms with van der Waals surface area (Å²) >= 11 is 0. The minimum absolute atomic E-state index is 0.277. The Labute approximate surface area is 418 Å². The van der Waals surface area contributed by atoms with Crippen LogP contribution in [0.15, 0.2) is 73.9 Å². The lowest BCUT2D eigenvalue weighted by Gasteiger charge is -2.31. The first-order chi connectivity index (χ1) is 34.6. The second kappa shape index (κ2) is 23.7. The second-order valence-corrected chi connectivity index (χ2v) is 20.5. The van der Waals surface area contributed by atoms with Crippen LogP contribution in [0.25, 0.3) is 0 Å². The fourth-order valence-electron chi connectivity index (χ4n) is 12.2. The predicted molar refractivity (Wildman–Crippen MR) is 276 cm³/mol. The lowest BCUT2D eigenvalue weighted by molar-refractivity contribution is 0.0168. The third-order valence-electron chi connectivity index (χ3n) is 15.7. The third-order valence-corrected chi connectivity index (χ3v) is 15.7. The van der Waals surface area contributed by atoms with Crippen molar-refractivity contribution in [2.75, 3.05) is 26.4 Å². The van der Waals surface area contributed by atoms with Gasteiger partial charge in [-0.2, -0.15) is 0 Å². The van der Waals surface area contributed by atoms with Gasteiger partial charge in [0.1, 0.15) is 71.8 Å². The molecule has 0 saturated carbocycles. The second-order valence-electron chi connectivity index (χ2n) is 20.5. The quantitative estimate of drug-likeness (QED) is 0.0785. The molecule has 0 aromatic heterocycles. The molecule has 0 N–H and O–H groups in total. The molecule has 10 nitrogen and oxygen atoms in total. The Kier molecular flexibility index (Phi) is 16.8. The standard InChI is InChI=1S/C58H76B2O10/c1-5-7-9-11-21-25-35-61-41-31-29-33-43-49(41)59-67-55-51-45-39(3)47-48(40(4)46(45)52(65-51)56(55)68-59)54-58-57(53(47)66-54)69-60(70-58)50-42(62-36-26-22-12-10-8-6-2)32-30-34-44(50)64-38-28-24-20-18-16-14-13-15-17-19-23-27-37-63-43/h5-6,13-14,29-34,51-58H,1-2,7-12,15-28,35-38H2,3-4H3/t51-,52+,53-,54+,55-,56+,57-,58+. The van der Waals surface area contributed by atoms with Crippen LogP contribution in [0, 0.1) is 13.8 Å². The summed E-state index contributed by atoms with van der Waals surface area (Å²) in [5, 5.41) is 0. The highest BCUT2D eigenvalue weighted by Gasteiger charge is 2.65. The first-order valence-electron chi connectivity index (χ1n) is 27.3. The molecule has 0 aliphatic carbocycles. The predicted octanol–water partition coefficient (Wildman–Crippen LogP) is 12.2. The van der Waals surface area contributed by atoms with E-state index in [9.17, 15) is 0 Å². The summed E-state index contributed by atoms with van der Waals surface area (Å²) in [6.07, 6.45) is 28.6. The number of fused-ring (bicyclic) bond motifs is 14. The molecule has 14 bridgehead atoms. The van der Waals surface area contributed by atoms with Crippen molar-refractivity contribution < 1.29 is 47.0 Å². The topological polar surface area (TPSA) is 92.3 Å². The molecule has 12 heteroatoms. The molecule has 8 atom stereocenters. The van der Waals surface area contributed by atoms with Crippen molar-refractivity contribution in [3.63, 3.8) is 0 Å². The van der Waals surface area contributed by atoms with Crippen molar-refractivity contribution >= 4 is 25.2 Å². The van der Waals surface area contributed by atoms with Gasteiger partial charge in [0.15, 0.2) is 0 Å². The van der Waals surface area contributed by atoms with Gasteiger partial charge in [-0.1, -0.05) is 87.8 Å². The average Bonchev–Trinajstić information content (AvgIpc) is 4.24. The fraction of sp³-hybridized carbons (Fsp3) is 0.586. The van der Waals surface area contributed by atoms with E-state index in [4.69, 9.17) is 47.0 Å². The van der Waals surface area contributed by atoms with Crippen LogP contribution in [-0.4, -0.2) is 65.1 Å². The number of rotatable bonds is 16. The van der Waals surface area contributed by atoms with Crippen molar-refractivity contribution in [1.82, 2.24) is 0 Å². The van der Waals surface area contributed by atoms with Gasteiger partial charge in [0.2, 0.25) is 0 Å². The molecule has 0 unspecified atom stereocenters. The Morgan fingerprint density at radius 1 is 0.500 bits per heavy atom. The molecule has 374 valence electrons. The van der Waals surface area contributed by atoms with Crippen molar-refractivity contribution in [3.05, 3.63) is 107 Å². The highest BCUT2D eigenvalue weighted by atomic mass is 16.7. The van der Waals surface area contributed by atoms with Crippen molar-refractivity contribution in [2.24, 2.45) is 0 Å². The number of hydrogen-bond acceptors (Lipinski definition) is 10. The SMILES string of the molecule is C=CCCCCCCOc1cccc2c1B1O[C@@H]3[C@H](O1)[C@@H]1O[C@H]3c3c(C)c4c(c(C)c31)[C@H]1O[C@@H]4[C@@H]3OB(O[C@@H]31)c1c(OCCCCCCC=C)cccc1OCCCCCCC=CCCCCCCO2. The summed E-state index contributed by atoms with van der Waals surface area (Å²) in [5.74, 6) is 3.07. The minimum Gasteiger partial charge on any atom is -0.494 e. The number of hydrogen-bond donors (Lipinski definition) is 0. The number of ether oxygens (including phenoxy) is 6. The summed E-state index contributed by atoms with van der Waals surface area (Å²) in [6.45, 7) is 14.7. The van der Waals surface area contributed by atoms with Crippen LogP contribution >= 0.6 is 0 Å². The van der Waals surface area contributed by atoms with Crippen LogP contribution in [0.1, 0.15) is 186 Å². The van der Waals surface area contributed by atoms with E-state index in [2.05, 4.69) is 39.2 Å². The molecular formula is C58H76B2O10. The minimum atomic E-state index is -0.651. The lowest BCUT2D eigenvalue weighted by atomic mass is 9.74. The molecule has 3 aromatic rings. The van der Waals surface area contributed by atoms with Crippen molar-refractivity contribution in [1.29, 1.82) is 0 Å². The van der Waals surface area contributed by atoms with Gasteiger partial charge in [-0.05, 0) is 149 Å². The molecule has 8 aliphatic heterocycles. The van der Waals surface area contributed by atoms with Gasteiger partial charge < -0.3 is 47.0 Å².